The molecule has 2 aromatic rings. The van der Waals surface area contributed by atoms with Gasteiger partial charge < -0.3 is 29.9 Å². The molecule has 2 atom stereocenters. The summed E-state index contributed by atoms with van der Waals surface area (Å²) in [5.74, 6) is -1.73. The third-order valence-electron chi connectivity index (χ3n) is 6.91. The minimum Gasteiger partial charge on any atom is -0.504 e. The molecule has 0 heterocycles. The summed E-state index contributed by atoms with van der Waals surface area (Å²) in [6.07, 6.45) is -0.126. The van der Waals surface area contributed by atoms with Gasteiger partial charge in [0.05, 0.1) is 5.69 Å². The van der Waals surface area contributed by atoms with Crippen LogP contribution in [0, 0.1) is 5.92 Å². The second-order valence-corrected chi connectivity index (χ2v) is 13.5. The van der Waals surface area contributed by atoms with Crippen LogP contribution in [0.1, 0.15) is 91.1 Å². The number of alkyl carbamates (subject to hydrolysis) is 2. The molecule has 1 unspecified atom stereocenters. The minimum absolute atomic E-state index is 0.193. The number of carbonyl (C=O) groups excluding carboxylic acids is 4. The van der Waals surface area contributed by atoms with E-state index in [1.807, 2.05) is 20.8 Å². The molecule has 5 N–H and O–H groups in total. The molecule has 0 saturated heterocycles. The van der Waals surface area contributed by atoms with E-state index in [9.17, 15) is 29.4 Å². The molecule has 13 nitrogen and oxygen atoms in total. The van der Waals surface area contributed by atoms with Crippen molar-refractivity contribution in [2.45, 2.75) is 98.8 Å². The van der Waals surface area contributed by atoms with E-state index in [0.717, 1.165) is 0 Å². The lowest BCUT2D eigenvalue weighted by molar-refractivity contribution is -0.134. The van der Waals surface area contributed by atoms with Gasteiger partial charge >= 0.3 is 12.2 Å². The van der Waals surface area contributed by atoms with E-state index in [0.29, 0.717) is 31.4 Å². The number of hydrogen-bond acceptors (Lipinski definition) is 9. The lowest BCUT2D eigenvalue weighted by Crippen LogP contribution is -2.52. The zero-order valence-corrected chi connectivity index (χ0v) is 29.5. The van der Waals surface area contributed by atoms with E-state index >= 15 is 0 Å². The van der Waals surface area contributed by atoms with Crippen molar-refractivity contribution in [3.05, 3.63) is 53.6 Å². The van der Waals surface area contributed by atoms with Gasteiger partial charge in [0, 0.05) is 18.7 Å². The SMILES string of the molecule is CCCN(CCc1cccc(O)c1O)C(=O)[C@@H](NC(=O)c1cccc(N=C(NC(=O)OC(C)(C)C)NC(=O)OC(C)(C)C)c1)C(C)CC. The first kappa shape index (κ1) is 39.4. The quantitative estimate of drug-likeness (QED) is 0.114. The smallest absolute Gasteiger partial charge is 0.414 e. The molecule has 13 heteroatoms. The number of nitrogens with zero attached hydrogens (tertiary/aromatic N) is 2. The van der Waals surface area contributed by atoms with Gasteiger partial charge in [0.2, 0.25) is 11.9 Å². The average molecular weight is 670 g/mol. The molecular weight excluding hydrogens is 618 g/mol. The summed E-state index contributed by atoms with van der Waals surface area (Å²) in [4.78, 5) is 58.4. The first-order valence-corrected chi connectivity index (χ1v) is 16.1. The highest BCUT2D eigenvalue weighted by molar-refractivity contribution is 6.03. The van der Waals surface area contributed by atoms with Crippen molar-refractivity contribution >= 4 is 35.6 Å². The van der Waals surface area contributed by atoms with Gasteiger partial charge in [0.1, 0.15) is 17.2 Å². The number of hydrogen-bond donors (Lipinski definition) is 5. The first-order valence-electron chi connectivity index (χ1n) is 16.1. The maximum absolute atomic E-state index is 13.9. The summed E-state index contributed by atoms with van der Waals surface area (Å²) >= 11 is 0. The van der Waals surface area contributed by atoms with Gasteiger partial charge in [0.25, 0.3) is 5.91 Å². The molecule has 0 spiro atoms. The number of rotatable bonds is 11. The van der Waals surface area contributed by atoms with E-state index in [1.165, 1.54) is 12.1 Å². The predicted molar refractivity (Wildman–Crippen MR) is 183 cm³/mol. The van der Waals surface area contributed by atoms with E-state index in [2.05, 4.69) is 20.9 Å². The maximum atomic E-state index is 13.9. The molecule has 264 valence electrons. The zero-order chi connectivity index (χ0) is 36.2. The molecular formula is C35H51N5O8. The van der Waals surface area contributed by atoms with Crippen molar-refractivity contribution < 1.29 is 38.9 Å². The highest BCUT2D eigenvalue weighted by atomic mass is 16.6. The fourth-order valence-electron chi connectivity index (χ4n) is 4.47. The Hall–Kier alpha value is -4.81. The van der Waals surface area contributed by atoms with Crippen LogP contribution in [-0.4, -0.2) is 75.4 Å². The van der Waals surface area contributed by atoms with Gasteiger partial charge in [-0.15, -0.1) is 0 Å². The Morgan fingerprint density at radius 3 is 2.00 bits per heavy atom. The first-order chi connectivity index (χ1) is 22.3. The summed E-state index contributed by atoms with van der Waals surface area (Å²) in [7, 11) is 0. The lowest BCUT2D eigenvalue weighted by atomic mass is 9.96. The fraction of sp³-hybridized carbons (Fsp3) is 0.514. The van der Waals surface area contributed by atoms with Crippen LogP contribution in [0.3, 0.4) is 0 Å². The summed E-state index contributed by atoms with van der Waals surface area (Å²) in [6.45, 7) is 16.6. The average Bonchev–Trinajstić information content (AvgIpc) is 2.97. The van der Waals surface area contributed by atoms with Crippen LogP contribution in [-0.2, 0) is 20.7 Å². The van der Waals surface area contributed by atoms with Crippen LogP contribution < -0.4 is 16.0 Å². The monoisotopic (exact) mass is 669 g/mol. The molecule has 2 aromatic carbocycles. The number of benzene rings is 2. The van der Waals surface area contributed by atoms with E-state index in [4.69, 9.17) is 9.47 Å². The van der Waals surface area contributed by atoms with Crippen LogP contribution in [0.2, 0.25) is 0 Å². The van der Waals surface area contributed by atoms with Gasteiger partial charge in [-0.05, 0) is 90.1 Å². The number of aromatic hydroxyl groups is 2. The third kappa shape index (κ3) is 13.1. The maximum Gasteiger partial charge on any atom is 0.414 e. The molecule has 0 saturated carbocycles. The number of para-hydroxylation sites is 1. The second-order valence-electron chi connectivity index (χ2n) is 13.5. The number of aliphatic imine (C=N–C) groups is 1. The molecule has 4 amide bonds. The Balaban J connectivity index is 2.33. The van der Waals surface area contributed by atoms with Crippen LogP contribution in [0.5, 0.6) is 11.5 Å². The molecule has 2 rings (SSSR count). The van der Waals surface area contributed by atoms with Crippen molar-refractivity contribution in [2.75, 3.05) is 13.1 Å². The van der Waals surface area contributed by atoms with Gasteiger partial charge in [0.15, 0.2) is 11.5 Å². The highest BCUT2D eigenvalue weighted by Gasteiger charge is 2.30. The second kappa shape index (κ2) is 17.4. The Morgan fingerprint density at radius 2 is 1.46 bits per heavy atom. The van der Waals surface area contributed by atoms with Crippen LogP contribution in [0.15, 0.2) is 47.5 Å². The minimum atomic E-state index is -0.864. The normalized spacial score (nSPS) is 12.6. The van der Waals surface area contributed by atoms with E-state index in [-0.39, 0.29) is 47.1 Å². The highest BCUT2D eigenvalue weighted by Crippen LogP contribution is 2.28. The van der Waals surface area contributed by atoms with Crippen LogP contribution in [0.25, 0.3) is 0 Å². The summed E-state index contributed by atoms with van der Waals surface area (Å²) in [5.41, 5.74) is -0.719. The topological polar surface area (TPSA) is 179 Å². The molecule has 0 fully saturated rings. The summed E-state index contributed by atoms with van der Waals surface area (Å²) < 4.78 is 10.6. The van der Waals surface area contributed by atoms with Crippen LogP contribution in [0.4, 0.5) is 15.3 Å². The number of phenolic OH excluding ortho intramolecular Hbond substituents is 2. The van der Waals surface area contributed by atoms with Crippen molar-refractivity contribution in [1.82, 2.24) is 20.9 Å². The number of guanidine groups is 1. The van der Waals surface area contributed by atoms with Crippen LogP contribution >= 0.6 is 0 Å². The number of phenols is 2. The number of nitrogens with one attached hydrogen (secondary N) is 3. The Labute approximate surface area is 283 Å². The molecule has 0 aliphatic carbocycles. The Bertz CT molecular complexity index is 1430. The molecule has 0 bridgehead atoms. The van der Waals surface area contributed by atoms with Gasteiger partial charge in [-0.3, -0.25) is 20.2 Å². The Morgan fingerprint density at radius 1 is 0.875 bits per heavy atom. The molecule has 48 heavy (non-hydrogen) atoms. The number of amides is 4. The molecule has 0 aliphatic rings. The summed E-state index contributed by atoms with van der Waals surface area (Å²) in [5, 5.41) is 27.8. The standard InChI is InChI=1S/C35H51N5O8/c1-10-19-40(20-18-23-14-13-17-26(41)28(23)42)30(44)27(22(3)11-2)37-29(43)24-15-12-16-25(21-24)36-31(38-32(45)47-34(4,5)6)39-33(46)48-35(7,8)9/h12-17,21-22,27,41-42H,10-11,18-20H2,1-9H3,(H,37,43)(H2,36,38,39,45,46)/t22?,27-/m0/s1. The lowest BCUT2D eigenvalue weighted by Gasteiger charge is -2.31. The van der Waals surface area contributed by atoms with Gasteiger partial charge in [-0.1, -0.05) is 45.4 Å². The van der Waals surface area contributed by atoms with E-state index in [1.54, 1.807) is 76.8 Å². The summed E-state index contributed by atoms with van der Waals surface area (Å²) in [6, 6.07) is 10.0. The number of ether oxygens (including phenoxy) is 2. The van der Waals surface area contributed by atoms with Gasteiger partial charge in [-0.2, -0.15) is 0 Å². The van der Waals surface area contributed by atoms with Crippen molar-refractivity contribution in [3.8, 4) is 11.5 Å². The number of carbonyl (C=O) groups is 4. The molecule has 0 aliphatic heterocycles. The largest absolute Gasteiger partial charge is 0.504 e. The fourth-order valence-corrected chi connectivity index (χ4v) is 4.47. The van der Waals surface area contributed by atoms with Crippen molar-refractivity contribution in [2.24, 2.45) is 10.9 Å². The Kier molecular flexibility index (Phi) is 14.2. The molecule has 0 radical (unpaired) electrons. The van der Waals surface area contributed by atoms with E-state index < -0.39 is 35.3 Å². The van der Waals surface area contributed by atoms with Gasteiger partial charge in [-0.25, -0.2) is 14.6 Å². The predicted octanol–water partition coefficient (Wildman–Crippen LogP) is 5.76. The molecule has 0 aromatic heterocycles. The van der Waals surface area contributed by atoms with Crippen molar-refractivity contribution in [1.29, 1.82) is 0 Å². The zero-order valence-electron chi connectivity index (χ0n) is 29.5. The van der Waals surface area contributed by atoms with Crippen molar-refractivity contribution in [3.63, 3.8) is 0 Å². The third-order valence-corrected chi connectivity index (χ3v) is 6.91.